The molecule has 0 fully saturated rings. The summed E-state index contributed by atoms with van der Waals surface area (Å²) in [7, 11) is 0. The second kappa shape index (κ2) is 7.35. The Morgan fingerprint density at radius 2 is 2.11 bits per heavy atom. The molecule has 0 unspecified atom stereocenters. The molecule has 4 N–H and O–H groups in total. The van der Waals surface area contributed by atoms with E-state index in [9.17, 15) is 9.59 Å². The molecule has 0 spiro atoms. The number of benzene rings is 1. The van der Waals surface area contributed by atoms with Gasteiger partial charge in [-0.1, -0.05) is 20.8 Å². The number of hydrogen-bond acceptors (Lipinski definition) is 5. The Labute approximate surface area is 162 Å². The zero-order chi connectivity index (χ0) is 20.6. The van der Waals surface area contributed by atoms with Crippen molar-refractivity contribution in [1.82, 2.24) is 9.78 Å². The fourth-order valence-electron chi connectivity index (χ4n) is 3.76. The number of Topliss-reactive ketones (excluding diaryl/α,β-unsaturated/α-hetero) is 1. The lowest BCUT2D eigenvalue weighted by Gasteiger charge is -2.29. The summed E-state index contributed by atoms with van der Waals surface area (Å²) in [6, 6.07) is 2.87. The third kappa shape index (κ3) is 3.40. The average Bonchev–Trinajstić information content (AvgIpc) is 2.97. The lowest BCUT2D eigenvalue weighted by Crippen LogP contribution is -2.28. The van der Waals surface area contributed by atoms with E-state index in [1.165, 1.54) is 16.8 Å². The van der Waals surface area contributed by atoms with Crippen LogP contribution >= 0.6 is 0 Å². The molecule has 0 saturated heterocycles. The number of carbonyl (C=O) groups is 2. The van der Waals surface area contributed by atoms with Crippen molar-refractivity contribution in [2.24, 2.45) is 11.1 Å². The Hall–Kier alpha value is -2.74. The number of nitrogens with two attached hydrogens (primary N) is 1. The molecular formula is C20H25FN4O3. The van der Waals surface area contributed by atoms with Gasteiger partial charge in [0.1, 0.15) is 5.69 Å². The van der Waals surface area contributed by atoms with Gasteiger partial charge in [-0.2, -0.15) is 5.10 Å². The van der Waals surface area contributed by atoms with E-state index in [2.05, 4.69) is 10.4 Å². The van der Waals surface area contributed by atoms with Crippen LogP contribution in [0.1, 0.15) is 59.3 Å². The van der Waals surface area contributed by atoms with E-state index in [-0.39, 0.29) is 41.3 Å². The molecule has 150 valence electrons. The summed E-state index contributed by atoms with van der Waals surface area (Å²) in [5, 5.41) is 16.3. The molecule has 1 aliphatic rings. The molecular weight excluding hydrogens is 363 g/mol. The number of halogens is 1. The number of aryl methyl sites for hydroxylation is 1. The number of primary amides is 1. The highest BCUT2D eigenvalue weighted by molar-refractivity contribution is 6.00. The highest BCUT2D eigenvalue weighted by atomic mass is 19.1. The molecule has 1 heterocycles. The van der Waals surface area contributed by atoms with Crippen LogP contribution < -0.4 is 11.1 Å². The van der Waals surface area contributed by atoms with Gasteiger partial charge in [0, 0.05) is 13.0 Å². The first-order chi connectivity index (χ1) is 13.2. The summed E-state index contributed by atoms with van der Waals surface area (Å²) in [5.74, 6) is -1.46. The third-order valence-electron chi connectivity index (χ3n) is 4.98. The normalized spacial score (nSPS) is 15.4. The van der Waals surface area contributed by atoms with Crippen LogP contribution in [0.2, 0.25) is 0 Å². The van der Waals surface area contributed by atoms with Crippen molar-refractivity contribution in [2.45, 2.75) is 40.0 Å². The van der Waals surface area contributed by atoms with Gasteiger partial charge in [0.15, 0.2) is 11.6 Å². The molecule has 2 aromatic rings. The summed E-state index contributed by atoms with van der Waals surface area (Å²) < 4.78 is 16.8. The minimum Gasteiger partial charge on any atom is -0.395 e. The third-order valence-corrected chi connectivity index (χ3v) is 4.98. The largest absolute Gasteiger partial charge is 0.395 e. The van der Waals surface area contributed by atoms with E-state index in [1.54, 1.807) is 0 Å². The Kier molecular flexibility index (Phi) is 5.25. The molecule has 0 aliphatic heterocycles. The number of aliphatic hydroxyl groups is 1. The molecule has 1 aromatic heterocycles. The molecule has 8 heteroatoms. The molecule has 28 heavy (non-hydrogen) atoms. The highest BCUT2D eigenvalue weighted by Crippen LogP contribution is 2.38. The number of hydrogen-bond donors (Lipinski definition) is 3. The molecule has 0 atom stereocenters. The highest BCUT2D eigenvalue weighted by Gasteiger charge is 2.37. The molecule has 3 rings (SSSR count). The molecule has 7 nitrogen and oxygen atoms in total. The molecule has 1 amide bonds. The Balaban J connectivity index is 2.22. The van der Waals surface area contributed by atoms with Crippen LogP contribution in [-0.2, 0) is 12.8 Å². The molecule has 0 bridgehead atoms. The number of aromatic nitrogens is 2. The minimum absolute atomic E-state index is 0.0113. The lowest BCUT2D eigenvalue weighted by molar-refractivity contribution is 0.0909. The summed E-state index contributed by atoms with van der Waals surface area (Å²) in [4.78, 5) is 24.4. The van der Waals surface area contributed by atoms with Crippen molar-refractivity contribution in [3.05, 3.63) is 40.5 Å². The summed E-state index contributed by atoms with van der Waals surface area (Å²) >= 11 is 0. The van der Waals surface area contributed by atoms with Crippen molar-refractivity contribution >= 4 is 17.4 Å². The number of fused-ring (bicyclic) bond motifs is 1. The Morgan fingerprint density at radius 3 is 2.71 bits per heavy atom. The van der Waals surface area contributed by atoms with Gasteiger partial charge in [-0.15, -0.1) is 0 Å². The monoisotopic (exact) mass is 388 g/mol. The Bertz CT molecular complexity index is 949. The first-order valence-electron chi connectivity index (χ1n) is 9.31. The van der Waals surface area contributed by atoms with Gasteiger partial charge >= 0.3 is 0 Å². The van der Waals surface area contributed by atoms with Gasteiger partial charge in [-0.05, 0) is 30.4 Å². The molecule has 0 radical (unpaired) electrons. The predicted octanol–water partition coefficient (Wildman–Crippen LogP) is 2.23. The van der Waals surface area contributed by atoms with Crippen molar-refractivity contribution < 1.29 is 19.1 Å². The van der Waals surface area contributed by atoms with Gasteiger partial charge < -0.3 is 16.2 Å². The number of nitrogens with zero attached hydrogens (tertiary/aromatic N) is 2. The van der Waals surface area contributed by atoms with Gasteiger partial charge in [0.2, 0.25) is 0 Å². The van der Waals surface area contributed by atoms with Crippen LogP contribution in [0.5, 0.6) is 0 Å². The van der Waals surface area contributed by atoms with E-state index in [1.807, 2.05) is 20.8 Å². The zero-order valence-electron chi connectivity index (χ0n) is 16.3. The fourth-order valence-corrected chi connectivity index (χ4v) is 3.76. The fraction of sp³-hybridized carbons (Fsp3) is 0.450. The van der Waals surface area contributed by atoms with Crippen LogP contribution in [-0.4, -0.2) is 39.7 Å². The topological polar surface area (TPSA) is 110 Å². The quantitative estimate of drug-likeness (QED) is 0.703. The number of ketones is 1. The number of amides is 1. The standard InChI is InChI=1S/C20H25FN4O3/c1-4-12-16-14(9-20(2,3)10-15(16)27)25(24-12)13-6-5-11(19(22)28)18(17(13)21)23-7-8-26/h5-6,23,26H,4,7-10H2,1-3H3,(H2,22,28). The lowest BCUT2D eigenvalue weighted by atomic mass is 9.75. The van der Waals surface area contributed by atoms with Crippen LogP contribution in [0.3, 0.4) is 0 Å². The van der Waals surface area contributed by atoms with E-state index in [0.717, 1.165) is 0 Å². The first-order valence-corrected chi connectivity index (χ1v) is 9.31. The van der Waals surface area contributed by atoms with Crippen molar-refractivity contribution in [3.8, 4) is 5.69 Å². The second-order valence-electron chi connectivity index (χ2n) is 7.81. The first kappa shape index (κ1) is 20.0. The van der Waals surface area contributed by atoms with Crippen molar-refractivity contribution in [1.29, 1.82) is 0 Å². The van der Waals surface area contributed by atoms with E-state index >= 15 is 4.39 Å². The zero-order valence-corrected chi connectivity index (χ0v) is 16.3. The SMILES string of the molecule is CCc1nn(-c2ccc(C(N)=O)c(NCCO)c2F)c2c1C(=O)CC(C)(C)C2. The van der Waals surface area contributed by atoms with E-state index in [4.69, 9.17) is 10.8 Å². The number of nitrogens with one attached hydrogen (secondary N) is 1. The molecule has 1 aliphatic carbocycles. The number of anilines is 1. The number of aliphatic hydroxyl groups excluding tert-OH is 1. The summed E-state index contributed by atoms with van der Waals surface area (Å²) in [6.45, 7) is 5.72. The summed E-state index contributed by atoms with van der Waals surface area (Å²) in [6.07, 6.45) is 1.56. The van der Waals surface area contributed by atoms with Gasteiger partial charge in [0.25, 0.3) is 5.91 Å². The smallest absolute Gasteiger partial charge is 0.250 e. The number of carbonyl (C=O) groups excluding carboxylic acids is 2. The average molecular weight is 388 g/mol. The van der Waals surface area contributed by atoms with Gasteiger partial charge in [-0.25, -0.2) is 9.07 Å². The van der Waals surface area contributed by atoms with E-state index < -0.39 is 11.7 Å². The maximum Gasteiger partial charge on any atom is 0.250 e. The van der Waals surface area contributed by atoms with E-state index in [0.29, 0.717) is 36.2 Å². The van der Waals surface area contributed by atoms with Crippen LogP contribution in [0.15, 0.2) is 12.1 Å². The molecule has 1 aromatic carbocycles. The van der Waals surface area contributed by atoms with Crippen molar-refractivity contribution in [3.63, 3.8) is 0 Å². The maximum atomic E-state index is 15.4. The van der Waals surface area contributed by atoms with Crippen LogP contribution in [0.4, 0.5) is 10.1 Å². The van der Waals surface area contributed by atoms with Gasteiger partial charge in [0.05, 0.1) is 34.8 Å². The predicted molar refractivity (Wildman–Crippen MR) is 103 cm³/mol. The van der Waals surface area contributed by atoms with Crippen LogP contribution in [0, 0.1) is 11.2 Å². The number of rotatable bonds is 6. The second-order valence-corrected chi connectivity index (χ2v) is 7.81. The Morgan fingerprint density at radius 1 is 1.39 bits per heavy atom. The maximum absolute atomic E-state index is 15.4. The molecule has 0 saturated carbocycles. The van der Waals surface area contributed by atoms with Gasteiger partial charge in [-0.3, -0.25) is 9.59 Å². The van der Waals surface area contributed by atoms with Crippen molar-refractivity contribution in [2.75, 3.05) is 18.5 Å². The minimum atomic E-state index is -0.779. The summed E-state index contributed by atoms with van der Waals surface area (Å²) in [5.41, 5.74) is 7.03. The van der Waals surface area contributed by atoms with Crippen LogP contribution in [0.25, 0.3) is 5.69 Å².